The fourth-order valence-corrected chi connectivity index (χ4v) is 4.10. The molecule has 2 aromatic heterocycles. The van der Waals surface area contributed by atoms with Gasteiger partial charge < -0.3 is 21.1 Å². The number of thiophene rings is 1. The molecular weight excluding hydrogens is 485 g/mol. The monoisotopic (exact) mass is 506 g/mol. The van der Waals surface area contributed by atoms with Gasteiger partial charge in [0.2, 0.25) is 0 Å². The second-order valence-electron chi connectivity index (χ2n) is 7.51. The number of hydrogen-bond acceptors (Lipinski definition) is 8. The summed E-state index contributed by atoms with van der Waals surface area (Å²) in [4.78, 5) is 31.5. The number of carboxylic acids is 1. The third-order valence-corrected chi connectivity index (χ3v) is 5.84. The number of aromatic nitrogens is 2. The first-order valence-electron chi connectivity index (χ1n) is 10.5. The number of alkyl halides is 3. The highest BCUT2D eigenvalue weighted by Crippen LogP contribution is 2.26. The number of rotatable bonds is 4. The smallest absolute Gasteiger partial charge is 0.475 e. The van der Waals surface area contributed by atoms with Crippen molar-refractivity contribution in [3.05, 3.63) is 47.0 Å². The van der Waals surface area contributed by atoms with Gasteiger partial charge in [-0.05, 0) is 31.5 Å². The highest BCUT2D eigenvalue weighted by atomic mass is 32.1. The largest absolute Gasteiger partial charge is 0.490 e. The number of amides is 1. The predicted octanol–water partition coefficient (Wildman–Crippen LogP) is 4.00. The number of carbonyl (C=O) groups is 2. The van der Waals surface area contributed by atoms with Crippen molar-refractivity contribution in [3.63, 3.8) is 0 Å². The first kappa shape index (κ1) is 25.9. The Hall–Kier alpha value is -3.76. The zero-order chi connectivity index (χ0) is 25.4. The van der Waals surface area contributed by atoms with E-state index in [9.17, 15) is 23.2 Å². The van der Waals surface area contributed by atoms with Crippen LogP contribution in [0.4, 0.5) is 24.7 Å². The average molecular weight is 507 g/mol. The van der Waals surface area contributed by atoms with Crippen molar-refractivity contribution in [2.45, 2.75) is 31.5 Å². The number of nitrogens with one attached hydrogen (secondary N) is 3. The van der Waals surface area contributed by atoms with Crippen LogP contribution in [0.15, 0.2) is 35.8 Å². The Morgan fingerprint density at radius 1 is 1.26 bits per heavy atom. The molecule has 1 aromatic carbocycles. The van der Waals surface area contributed by atoms with Gasteiger partial charge >= 0.3 is 12.1 Å². The molecule has 13 heteroatoms. The standard InChI is InChI=1S/C20H20N6OS.C2HF3O2/c21-9-13-5-1-2-7-16(13)25-19(27)15-12-28-20-18(15)26-17(11-23-20)24-14-6-3-4-8-22-10-14;3-2(4,5)1(6)7/h1-2,5,7,11-12,14,22H,3-4,6,8,10H2,(H,24,26)(H,25,27);(H,6,7)/t14-;/m0./s1. The molecule has 184 valence electrons. The lowest BCUT2D eigenvalue weighted by molar-refractivity contribution is -0.192. The molecule has 1 aliphatic rings. The lowest BCUT2D eigenvalue weighted by Crippen LogP contribution is -2.31. The van der Waals surface area contributed by atoms with Crippen molar-refractivity contribution in [1.82, 2.24) is 15.3 Å². The number of para-hydroxylation sites is 1. The maximum absolute atomic E-state index is 12.8. The van der Waals surface area contributed by atoms with Gasteiger partial charge in [0, 0.05) is 18.0 Å². The lowest BCUT2D eigenvalue weighted by atomic mass is 10.1. The maximum Gasteiger partial charge on any atom is 0.490 e. The number of halogens is 3. The highest BCUT2D eigenvalue weighted by Gasteiger charge is 2.38. The van der Waals surface area contributed by atoms with E-state index in [4.69, 9.17) is 9.90 Å². The van der Waals surface area contributed by atoms with Crippen molar-refractivity contribution >= 4 is 45.1 Å². The Morgan fingerprint density at radius 2 is 2.00 bits per heavy atom. The second kappa shape index (κ2) is 11.6. The third kappa shape index (κ3) is 7.11. The molecule has 3 aromatic rings. The molecule has 1 fully saturated rings. The number of aliphatic carboxylic acids is 1. The van der Waals surface area contributed by atoms with E-state index >= 15 is 0 Å². The summed E-state index contributed by atoms with van der Waals surface area (Å²) in [5.41, 5.74) is 1.94. The predicted molar refractivity (Wildman–Crippen MR) is 124 cm³/mol. The van der Waals surface area contributed by atoms with E-state index in [-0.39, 0.29) is 5.91 Å². The van der Waals surface area contributed by atoms with E-state index in [1.807, 2.05) is 0 Å². The molecule has 1 aliphatic heterocycles. The molecule has 0 spiro atoms. The lowest BCUT2D eigenvalue weighted by Gasteiger charge is -2.16. The van der Waals surface area contributed by atoms with Gasteiger partial charge in [0.05, 0.1) is 23.0 Å². The number of anilines is 2. The zero-order valence-corrected chi connectivity index (χ0v) is 19.0. The number of nitrogens with zero attached hydrogens (tertiary/aromatic N) is 3. The summed E-state index contributed by atoms with van der Waals surface area (Å²) in [5, 5.41) is 27.8. The van der Waals surface area contributed by atoms with Gasteiger partial charge in [0.1, 0.15) is 22.2 Å². The van der Waals surface area contributed by atoms with Crippen LogP contribution in [-0.2, 0) is 4.79 Å². The quantitative estimate of drug-likeness (QED) is 0.416. The summed E-state index contributed by atoms with van der Waals surface area (Å²) in [6.45, 7) is 1.93. The minimum absolute atomic E-state index is 0.295. The van der Waals surface area contributed by atoms with E-state index < -0.39 is 12.1 Å². The molecule has 9 nitrogen and oxygen atoms in total. The van der Waals surface area contributed by atoms with Gasteiger partial charge in [-0.15, -0.1) is 11.3 Å². The Morgan fingerprint density at radius 3 is 2.71 bits per heavy atom. The fourth-order valence-electron chi connectivity index (χ4n) is 3.27. The third-order valence-electron chi connectivity index (χ3n) is 4.96. The van der Waals surface area contributed by atoms with Crippen LogP contribution >= 0.6 is 11.3 Å². The Kier molecular flexibility index (Phi) is 8.56. The topological polar surface area (TPSA) is 140 Å². The van der Waals surface area contributed by atoms with Crippen LogP contribution in [-0.4, -0.2) is 52.3 Å². The summed E-state index contributed by atoms with van der Waals surface area (Å²) in [6.07, 6.45) is 0.0672. The van der Waals surface area contributed by atoms with Crippen LogP contribution in [0.1, 0.15) is 35.2 Å². The van der Waals surface area contributed by atoms with Gasteiger partial charge in [-0.1, -0.05) is 18.6 Å². The molecule has 1 amide bonds. The van der Waals surface area contributed by atoms with Crippen LogP contribution in [0.25, 0.3) is 10.3 Å². The SMILES string of the molecule is N#Cc1ccccc1NC(=O)c1csc2ncc(N[C@H]3CCCCNC3)nc12.O=C(O)C(F)(F)F. The van der Waals surface area contributed by atoms with E-state index in [2.05, 4.69) is 32.0 Å². The molecule has 4 N–H and O–H groups in total. The second-order valence-corrected chi connectivity index (χ2v) is 8.37. The molecule has 0 radical (unpaired) electrons. The summed E-state index contributed by atoms with van der Waals surface area (Å²) >= 11 is 1.38. The maximum atomic E-state index is 12.8. The van der Waals surface area contributed by atoms with E-state index in [0.717, 1.165) is 19.5 Å². The number of fused-ring (bicyclic) bond motifs is 1. The average Bonchev–Trinajstić information content (AvgIpc) is 3.07. The number of benzene rings is 1. The number of carbonyl (C=O) groups excluding carboxylic acids is 1. The number of nitriles is 1. The van der Waals surface area contributed by atoms with Crippen LogP contribution in [0.2, 0.25) is 0 Å². The number of hydrogen-bond donors (Lipinski definition) is 4. The summed E-state index contributed by atoms with van der Waals surface area (Å²) < 4.78 is 31.7. The van der Waals surface area contributed by atoms with Crippen molar-refractivity contribution in [2.75, 3.05) is 23.7 Å². The van der Waals surface area contributed by atoms with Gasteiger partial charge in [-0.25, -0.2) is 14.8 Å². The Bertz CT molecular complexity index is 1230. The Labute approximate surface area is 202 Å². The summed E-state index contributed by atoms with van der Waals surface area (Å²) in [6, 6.07) is 9.31. The van der Waals surface area contributed by atoms with E-state index in [1.165, 1.54) is 24.2 Å². The van der Waals surface area contributed by atoms with Crippen LogP contribution < -0.4 is 16.0 Å². The minimum Gasteiger partial charge on any atom is -0.475 e. The number of carboxylic acid groups (broad SMARTS) is 1. The molecule has 0 aliphatic carbocycles. The van der Waals surface area contributed by atoms with Crippen LogP contribution in [0.3, 0.4) is 0 Å². The molecule has 3 heterocycles. The highest BCUT2D eigenvalue weighted by molar-refractivity contribution is 7.17. The first-order valence-corrected chi connectivity index (χ1v) is 11.4. The molecule has 1 saturated heterocycles. The molecule has 35 heavy (non-hydrogen) atoms. The van der Waals surface area contributed by atoms with Gasteiger partial charge in [-0.2, -0.15) is 18.4 Å². The fraction of sp³-hybridized carbons (Fsp3) is 0.318. The van der Waals surface area contributed by atoms with Crippen molar-refractivity contribution in [2.24, 2.45) is 0 Å². The Balaban J connectivity index is 0.000000429. The first-order chi connectivity index (χ1) is 16.7. The molecule has 0 bridgehead atoms. The zero-order valence-electron chi connectivity index (χ0n) is 18.2. The van der Waals surface area contributed by atoms with E-state index in [1.54, 1.807) is 35.8 Å². The van der Waals surface area contributed by atoms with Crippen molar-refractivity contribution in [1.29, 1.82) is 5.26 Å². The van der Waals surface area contributed by atoms with Gasteiger partial charge in [0.15, 0.2) is 0 Å². The van der Waals surface area contributed by atoms with Crippen molar-refractivity contribution in [3.8, 4) is 6.07 Å². The molecule has 0 unspecified atom stereocenters. The minimum atomic E-state index is -5.08. The molecule has 0 saturated carbocycles. The van der Waals surface area contributed by atoms with Crippen LogP contribution in [0, 0.1) is 11.3 Å². The van der Waals surface area contributed by atoms with Crippen molar-refractivity contribution < 1.29 is 27.9 Å². The summed E-state index contributed by atoms with van der Waals surface area (Å²) in [7, 11) is 0. The van der Waals surface area contributed by atoms with E-state index in [0.29, 0.717) is 39.0 Å². The summed E-state index contributed by atoms with van der Waals surface area (Å²) in [5.74, 6) is -2.38. The normalized spacial score (nSPS) is 15.8. The molecule has 4 rings (SSSR count). The van der Waals surface area contributed by atoms with Gasteiger partial charge in [0.25, 0.3) is 5.91 Å². The van der Waals surface area contributed by atoms with Crippen LogP contribution in [0.5, 0.6) is 0 Å². The molecule has 1 atom stereocenters. The molecular formula is C22H21F3N6O3S. The van der Waals surface area contributed by atoms with Gasteiger partial charge in [-0.3, -0.25) is 4.79 Å².